The van der Waals surface area contributed by atoms with Crippen molar-refractivity contribution in [3.8, 4) is 5.75 Å². The maximum atomic E-state index is 10.5. The minimum atomic E-state index is -0.570. The van der Waals surface area contributed by atoms with Gasteiger partial charge in [-0.2, -0.15) is 0 Å². The summed E-state index contributed by atoms with van der Waals surface area (Å²) < 4.78 is 7.37. The van der Waals surface area contributed by atoms with Gasteiger partial charge in [0, 0.05) is 13.0 Å². The molecule has 0 saturated carbocycles. The third-order valence-electron chi connectivity index (χ3n) is 3.40. The monoisotopic (exact) mass is 274 g/mol. The molecule has 1 aromatic heterocycles. The molecule has 0 aliphatic rings. The van der Waals surface area contributed by atoms with Gasteiger partial charge in [-0.25, -0.2) is 4.98 Å². The van der Waals surface area contributed by atoms with E-state index in [0.29, 0.717) is 6.42 Å². The highest BCUT2D eigenvalue weighted by Crippen LogP contribution is 2.26. The molecule has 0 fully saturated rings. The van der Waals surface area contributed by atoms with Crippen LogP contribution in [0.4, 0.5) is 0 Å². The first-order valence-corrected chi connectivity index (χ1v) is 6.97. The van der Waals surface area contributed by atoms with Gasteiger partial charge in [0.1, 0.15) is 5.75 Å². The van der Waals surface area contributed by atoms with Gasteiger partial charge in [0.25, 0.3) is 0 Å². The van der Waals surface area contributed by atoms with Crippen LogP contribution in [0, 0.1) is 6.92 Å². The van der Waals surface area contributed by atoms with E-state index in [9.17, 15) is 5.11 Å². The van der Waals surface area contributed by atoms with E-state index >= 15 is 0 Å². The fourth-order valence-corrected chi connectivity index (χ4v) is 2.42. The predicted octanol–water partition coefficient (Wildman–Crippen LogP) is 2.89. The minimum absolute atomic E-state index is 0.528. The van der Waals surface area contributed by atoms with Crippen molar-refractivity contribution in [1.29, 1.82) is 0 Å². The van der Waals surface area contributed by atoms with Crippen molar-refractivity contribution < 1.29 is 9.84 Å². The summed E-state index contributed by atoms with van der Waals surface area (Å²) in [6, 6.07) is 6.01. The zero-order chi connectivity index (χ0) is 14.5. The van der Waals surface area contributed by atoms with Gasteiger partial charge in [0.15, 0.2) is 0 Å². The van der Waals surface area contributed by atoms with Crippen LogP contribution >= 0.6 is 0 Å². The molecule has 0 saturated heterocycles. The number of aromatic nitrogens is 2. The van der Waals surface area contributed by atoms with Crippen LogP contribution in [0.25, 0.3) is 0 Å². The van der Waals surface area contributed by atoms with Gasteiger partial charge in [-0.15, -0.1) is 0 Å². The van der Waals surface area contributed by atoms with Crippen molar-refractivity contribution >= 4 is 0 Å². The van der Waals surface area contributed by atoms with E-state index in [1.165, 1.54) is 0 Å². The Balaban J connectivity index is 2.20. The molecule has 20 heavy (non-hydrogen) atoms. The first-order valence-electron chi connectivity index (χ1n) is 6.97. The van der Waals surface area contributed by atoms with Crippen LogP contribution in [0.3, 0.4) is 0 Å². The number of aliphatic hydroxyl groups excluding tert-OH is 1. The molecule has 1 aromatic carbocycles. The number of aryl methyl sites for hydroxylation is 2. The maximum Gasteiger partial charge on any atom is 0.122 e. The average molecular weight is 274 g/mol. The smallest absolute Gasteiger partial charge is 0.122 e. The second-order valence-corrected chi connectivity index (χ2v) is 5.05. The molecular formula is C16H22N2O2. The zero-order valence-electron chi connectivity index (χ0n) is 12.3. The highest BCUT2D eigenvalue weighted by molar-refractivity contribution is 5.37. The number of aliphatic hydroxyl groups is 1. The lowest BCUT2D eigenvalue weighted by atomic mass is 10.0. The Bertz CT molecular complexity index is 563. The number of methoxy groups -OCH3 is 1. The molecule has 2 aromatic rings. The molecule has 4 nitrogen and oxygen atoms in total. The zero-order valence-corrected chi connectivity index (χ0v) is 12.3. The van der Waals surface area contributed by atoms with Crippen LogP contribution < -0.4 is 4.74 Å². The molecule has 1 atom stereocenters. The molecule has 0 bridgehead atoms. The number of imidazole rings is 1. The molecule has 1 N–H and O–H groups in total. The fourth-order valence-electron chi connectivity index (χ4n) is 2.42. The third-order valence-corrected chi connectivity index (χ3v) is 3.40. The Morgan fingerprint density at radius 1 is 1.40 bits per heavy atom. The van der Waals surface area contributed by atoms with E-state index in [0.717, 1.165) is 35.5 Å². The van der Waals surface area contributed by atoms with Gasteiger partial charge >= 0.3 is 0 Å². The molecular weight excluding hydrogens is 252 g/mol. The molecule has 0 amide bonds. The number of benzene rings is 1. The Kier molecular flexibility index (Phi) is 4.79. The summed E-state index contributed by atoms with van der Waals surface area (Å²) in [6.07, 6.45) is 4.49. The minimum Gasteiger partial charge on any atom is -0.496 e. The summed E-state index contributed by atoms with van der Waals surface area (Å²) in [6.45, 7) is 5.02. The second-order valence-electron chi connectivity index (χ2n) is 5.05. The highest BCUT2D eigenvalue weighted by atomic mass is 16.5. The second kappa shape index (κ2) is 6.57. The number of rotatable bonds is 6. The first-order chi connectivity index (χ1) is 9.65. The average Bonchev–Trinajstić information content (AvgIpc) is 2.88. The van der Waals surface area contributed by atoms with E-state index in [4.69, 9.17) is 4.74 Å². The topological polar surface area (TPSA) is 47.3 Å². The Hall–Kier alpha value is -1.81. The molecule has 4 heteroatoms. The van der Waals surface area contributed by atoms with E-state index in [1.54, 1.807) is 19.6 Å². The van der Waals surface area contributed by atoms with Crippen molar-refractivity contribution in [3.05, 3.63) is 47.5 Å². The number of hydrogen-bond acceptors (Lipinski definition) is 3. The lowest BCUT2D eigenvalue weighted by Gasteiger charge is -2.16. The normalized spacial score (nSPS) is 12.4. The molecule has 0 spiro atoms. The van der Waals surface area contributed by atoms with Crippen molar-refractivity contribution in [2.45, 2.75) is 39.3 Å². The van der Waals surface area contributed by atoms with Crippen LogP contribution in [0.2, 0.25) is 0 Å². The SMILES string of the molecule is CCCn1cncc1C(O)Cc1cc(C)ccc1OC. The van der Waals surface area contributed by atoms with Gasteiger partial charge in [0.2, 0.25) is 0 Å². The quantitative estimate of drug-likeness (QED) is 0.881. The van der Waals surface area contributed by atoms with E-state index < -0.39 is 6.10 Å². The molecule has 2 rings (SSSR count). The predicted molar refractivity (Wildman–Crippen MR) is 78.9 cm³/mol. The first kappa shape index (κ1) is 14.6. The van der Waals surface area contributed by atoms with Crippen LogP contribution in [0.1, 0.15) is 36.3 Å². The summed E-state index contributed by atoms with van der Waals surface area (Å²) >= 11 is 0. The Morgan fingerprint density at radius 3 is 2.90 bits per heavy atom. The number of ether oxygens (including phenoxy) is 1. The van der Waals surface area contributed by atoms with Crippen LogP contribution in [-0.2, 0) is 13.0 Å². The van der Waals surface area contributed by atoms with Gasteiger partial charge in [0.05, 0.1) is 31.4 Å². The summed E-state index contributed by atoms with van der Waals surface area (Å²) in [4.78, 5) is 4.14. The van der Waals surface area contributed by atoms with Gasteiger partial charge in [-0.3, -0.25) is 0 Å². The largest absolute Gasteiger partial charge is 0.496 e. The molecule has 1 heterocycles. The molecule has 1 unspecified atom stereocenters. The molecule has 108 valence electrons. The molecule has 0 aliphatic heterocycles. The van der Waals surface area contributed by atoms with E-state index in [2.05, 4.69) is 18.0 Å². The molecule has 0 aliphatic carbocycles. The number of hydrogen-bond donors (Lipinski definition) is 1. The maximum absolute atomic E-state index is 10.5. The Labute approximate surface area is 120 Å². The van der Waals surface area contributed by atoms with Crippen molar-refractivity contribution in [2.24, 2.45) is 0 Å². The summed E-state index contributed by atoms with van der Waals surface area (Å²) in [7, 11) is 1.65. The van der Waals surface area contributed by atoms with Gasteiger partial charge < -0.3 is 14.4 Å². The summed E-state index contributed by atoms with van der Waals surface area (Å²) in [5, 5.41) is 10.5. The summed E-state index contributed by atoms with van der Waals surface area (Å²) in [5.41, 5.74) is 3.04. The lowest BCUT2D eigenvalue weighted by molar-refractivity contribution is 0.167. The van der Waals surface area contributed by atoms with Crippen LogP contribution in [0.15, 0.2) is 30.7 Å². The molecule has 0 radical (unpaired) electrons. The van der Waals surface area contributed by atoms with Crippen molar-refractivity contribution in [3.63, 3.8) is 0 Å². The van der Waals surface area contributed by atoms with E-state index in [-0.39, 0.29) is 0 Å². The lowest BCUT2D eigenvalue weighted by Crippen LogP contribution is -2.10. The Morgan fingerprint density at radius 2 is 2.20 bits per heavy atom. The number of nitrogens with zero attached hydrogens (tertiary/aromatic N) is 2. The third kappa shape index (κ3) is 3.20. The van der Waals surface area contributed by atoms with E-state index in [1.807, 2.05) is 23.6 Å². The standard InChI is InChI=1S/C16H22N2O2/c1-4-7-18-11-17-10-14(18)15(19)9-13-8-12(2)5-6-16(13)20-3/h5-6,8,10-11,15,19H,4,7,9H2,1-3H3. The highest BCUT2D eigenvalue weighted by Gasteiger charge is 2.15. The fraction of sp³-hybridized carbons (Fsp3) is 0.438. The van der Waals surface area contributed by atoms with Crippen molar-refractivity contribution in [2.75, 3.05) is 7.11 Å². The summed E-state index contributed by atoms with van der Waals surface area (Å²) in [5.74, 6) is 0.816. The van der Waals surface area contributed by atoms with Crippen LogP contribution in [-0.4, -0.2) is 21.8 Å². The van der Waals surface area contributed by atoms with Gasteiger partial charge in [-0.1, -0.05) is 24.6 Å². The van der Waals surface area contributed by atoms with Crippen molar-refractivity contribution in [1.82, 2.24) is 9.55 Å². The van der Waals surface area contributed by atoms with Gasteiger partial charge in [-0.05, 0) is 25.0 Å². The van der Waals surface area contributed by atoms with Crippen LogP contribution in [0.5, 0.6) is 5.75 Å².